The molecule has 1 saturated carbocycles. The van der Waals surface area contributed by atoms with Gasteiger partial charge in [-0.2, -0.15) is 0 Å². The van der Waals surface area contributed by atoms with Crippen molar-refractivity contribution in [2.45, 2.75) is 45.8 Å². The van der Waals surface area contributed by atoms with Crippen LogP contribution >= 0.6 is 0 Å². The van der Waals surface area contributed by atoms with Gasteiger partial charge in [0.15, 0.2) is 0 Å². The summed E-state index contributed by atoms with van der Waals surface area (Å²) in [6, 6.07) is 0.373. The highest BCUT2D eigenvalue weighted by molar-refractivity contribution is 5.77. The van der Waals surface area contributed by atoms with Crippen LogP contribution in [0.1, 0.15) is 33.6 Å². The minimum Gasteiger partial charge on any atom is -0.369 e. The first-order valence-electron chi connectivity index (χ1n) is 5.39. The fourth-order valence-corrected chi connectivity index (χ4v) is 1.46. The lowest BCUT2D eigenvalue weighted by Gasteiger charge is -2.25. The topological polar surface area (TPSA) is 29.5 Å². The van der Waals surface area contributed by atoms with Gasteiger partial charge in [-0.15, -0.1) is 0 Å². The molecule has 1 aliphatic carbocycles. The Morgan fingerprint density at radius 3 is 2.43 bits per heavy atom. The molecule has 0 aliphatic heterocycles. The van der Waals surface area contributed by atoms with E-state index in [0.29, 0.717) is 6.04 Å². The lowest BCUT2D eigenvalue weighted by atomic mass is 10.2. The second-order valence-electron chi connectivity index (χ2n) is 4.44. The van der Waals surface area contributed by atoms with E-state index in [4.69, 9.17) is 4.74 Å². The van der Waals surface area contributed by atoms with Gasteiger partial charge in [-0.1, -0.05) is 0 Å². The number of hydrogen-bond acceptors (Lipinski definition) is 2. The van der Waals surface area contributed by atoms with Crippen molar-refractivity contribution in [3.05, 3.63) is 0 Å². The largest absolute Gasteiger partial charge is 0.369 e. The molecule has 0 saturated heterocycles. The summed E-state index contributed by atoms with van der Waals surface area (Å²) in [5.41, 5.74) is 0. The fraction of sp³-hybridized carbons (Fsp3) is 0.909. The number of carbonyl (C=O) groups is 1. The number of ether oxygens (including phenoxy) is 1. The van der Waals surface area contributed by atoms with Crippen molar-refractivity contribution in [3.63, 3.8) is 0 Å². The molecule has 3 nitrogen and oxygen atoms in total. The maximum atomic E-state index is 11.6. The Labute approximate surface area is 86.4 Å². The first-order valence-corrected chi connectivity index (χ1v) is 5.39. The monoisotopic (exact) mass is 199 g/mol. The van der Waals surface area contributed by atoms with Crippen LogP contribution in [0.2, 0.25) is 0 Å². The molecule has 3 heteroatoms. The third kappa shape index (κ3) is 3.29. The molecular weight excluding hydrogens is 178 g/mol. The zero-order chi connectivity index (χ0) is 10.7. The Hall–Kier alpha value is -0.570. The van der Waals surface area contributed by atoms with Crippen molar-refractivity contribution in [3.8, 4) is 0 Å². The maximum absolute atomic E-state index is 11.6. The molecule has 1 unspecified atom stereocenters. The minimum absolute atomic E-state index is 0.0955. The summed E-state index contributed by atoms with van der Waals surface area (Å²) < 4.78 is 5.28. The van der Waals surface area contributed by atoms with Crippen molar-refractivity contribution < 1.29 is 9.53 Å². The van der Waals surface area contributed by atoms with E-state index in [1.807, 2.05) is 25.8 Å². The molecule has 0 N–H and O–H groups in total. The Morgan fingerprint density at radius 2 is 2.00 bits per heavy atom. The molecule has 0 radical (unpaired) electrons. The van der Waals surface area contributed by atoms with Gasteiger partial charge in [-0.3, -0.25) is 4.79 Å². The van der Waals surface area contributed by atoms with E-state index in [1.165, 1.54) is 12.8 Å². The van der Waals surface area contributed by atoms with Crippen LogP contribution in [-0.2, 0) is 9.53 Å². The molecule has 82 valence electrons. The molecule has 0 aromatic carbocycles. The first kappa shape index (κ1) is 11.5. The van der Waals surface area contributed by atoms with Gasteiger partial charge in [0, 0.05) is 13.1 Å². The predicted octanol–water partition coefficient (Wildman–Crippen LogP) is 1.67. The second-order valence-corrected chi connectivity index (χ2v) is 4.44. The smallest absolute Gasteiger partial charge is 0.248 e. The minimum atomic E-state index is 0.0955. The van der Waals surface area contributed by atoms with E-state index in [9.17, 15) is 4.79 Å². The summed E-state index contributed by atoms with van der Waals surface area (Å²) in [5, 5.41) is 0. The lowest BCUT2D eigenvalue weighted by molar-refractivity contribution is -0.138. The summed E-state index contributed by atoms with van der Waals surface area (Å²) in [4.78, 5) is 13.4. The van der Waals surface area contributed by atoms with Crippen LogP contribution in [0.25, 0.3) is 0 Å². The molecule has 0 heterocycles. The number of nitrogens with zero attached hydrogens (tertiary/aromatic N) is 1. The summed E-state index contributed by atoms with van der Waals surface area (Å²) in [7, 11) is 1.87. The van der Waals surface area contributed by atoms with E-state index < -0.39 is 0 Å². The predicted molar refractivity (Wildman–Crippen MR) is 56.0 cm³/mol. The van der Waals surface area contributed by atoms with Gasteiger partial charge < -0.3 is 9.64 Å². The standard InChI is InChI=1S/C11H21NO2/c1-8(2)14-7-11(13)12(4)9(3)10-5-6-10/h8-10H,5-7H2,1-4H3. The van der Waals surface area contributed by atoms with E-state index in [1.54, 1.807) is 0 Å². The average molecular weight is 199 g/mol. The van der Waals surface area contributed by atoms with E-state index in [-0.39, 0.29) is 18.6 Å². The van der Waals surface area contributed by atoms with Gasteiger partial charge >= 0.3 is 0 Å². The van der Waals surface area contributed by atoms with Gasteiger partial charge in [0.1, 0.15) is 6.61 Å². The quantitative estimate of drug-likeness (QED) is 0.674. The third-order valence-electron chi connectivity index (χ3n) is 2.85. The van der Waals surface area contributed by atoms with Gasteiger partial charge in [-0.05, 0) is 39.5 Å². The van der Waals surface area contributed by atoms with Crippen LogP contribution < -0.4 is 0 Å². The highest BCUT2D eigenvalue weighted by atomic mass is 16.5. The van der Waals surface area contributed by atoms with Crippen LogP contribution in [0, 0.1) is 5.92 Å². The van der Waals surface area contributed by atoms with Crippen molar-refractivity contribution in [2.24, 2.45) is 5.92 Å². The van der Waals surface area contributed by atoms with Gasteiger partial charge in [0.25, 0.3) is 0 Å². The molecule has 1 amide bonds. The number of carbonyl (C=O) groups excluding carboxylic acids is 1. The van der Waals surface area contributed by atoms with Crippen LogP contribution in [-0.4, -0.2) is 36.6 Å². The SMILES string of the molecule is CC(C)OCC(=O)N(C)C(C)C1CC1. The van der Waals surface area contributed by atoms with Crippen molar-refractivity contribution in [1.29, 1.82) is 0 Å². The zero-order valence-corrected chi connectivity index (χ0v) is 9.62. The Kier molecular flexibility index (Phi) is 3.93. The molecule has 0 aromatic heterocycles. The van der Waals surface area contributed by atoms with Gasteiger partial charge in [-0.25, -0.2) is 0 Å². The van der Waals surface area contributed by atoms with E-state index in [0.717, 1.165) is 5.92 Å². The Morgan fingerprint density at radius 1 is 1.43 bits per heavy atom. The fourth-order valence-electron chi connectivity index (χ4n) is 1.46. The Balaban J connectivity index is 2.27. The maximum Gasteiger partial charge on any atom is 0.248 e. The van der Waals surface area contributed by atoms with Gasteiger partial charge in [0.05, 0.1) is 6.10 Å². The number of likely N-dealkylation sites (N-methyl/N-ethyl adjacent to an activating group) is 1. The number of rotatable bonds is 5. The normalized spacial score (nSPS) is 18.4. The van der Waals surface area contributed by atoms with Crippen molar-refractivity contribution in [2.75, 3.05) is 13.7 Å². The average Bonchev–Trinajstić information content (AvgIpc) is 2.94. The van der Waals surface area contributed by atoms with Gasteiger partial charge in [0.2, 0.25) is 5.91 Å². The lowest BCUT2D eigenvalue weighted by Crippen LogP contribution is -2.39. The molecule has 1 fully saturated rings. The second kappa shape index (κ2) is 4.78. The van der Waals surface area contributed by atoms with Crippen LogP contribution in [0.15, 0.2) is 0 Å². The molecular formula is C11H21NO2. The molecule has 0 spiro atoms. The van der Waals surface area contributed by atoms with Crippen molar-refractivity contribution >= 4 is 5.91 Å². The Bertz CT molecular complexity index is 199. The first-order chi connectivity index (χ1) is 6.52. The van der Waals surface area contributed by atoms with Crippen LogP contribution in [0.5, 0.6) is 0 Å². The van der Waals surface area contributed by atoms with Crippen molar-refractivity contribution in [1.82, 2.24) is 4.90 Å². The highest BCUT2D eigenvalue weighted by Crippen LogP contribution is 2.34. The summed E-state index contributed by atoms with van der Waals surface area (Å²) in [6.07, 6.45) is 2.66. The van der Waals surface area contributed by atoms with Crippen LogP contribution in [0.3, 0.4) is 0 Å². The summed E-state index contributed by atoms with van der Waals surface area (Å²) in [5.74, 6) is 0.820. The molecule has 1 atom stereocenters. The van der Waals surface area contributed by atoms with E-state index >= 15 is 0 Å². The number of amides is 1. The summed E-state index contributed by atoms with van der Waals surface area (Å²) >= 11 is 0. The highest BCUT2D eigenvalue weighted by Gasteiger charge is 2.32. The summed E-state index contributed by atoms with van der Waals surface area (Å²) in [6.45, 7) is 6.21. The molecule has 1 aliphatic rings. The molecule has 1 rings (SSSR count). The zero-order valence-electron chi connectivity index (χ0n) is 9.62. The third-order valence-corrected chi connectivity index (χ3v) is 2.85. The van der Waals surface area contributed by atoms with E-state index in [2.05, 4.69) is 6.92 Å². The molecule has 14 heavy (non-hydrogen) atoms. The molecule has 0 bridgehead atoms. The molecule has 0 aromatic rings. The van der Waals surface area contributed by atoms with Crippen LogP contribution in [0.4, 0.5) is 0 Å². The number of hydrogen-bond donors (Lipinski definition) is 0.